The molecule has 0 radical (unpaired) electrons. The van der Waals surface area contributed by atoms with E-state index >= 15 is 0 Å². The second-order valence-corrected chi connectivity index (χ2v) is 6.49. The van der Waals surface area contributed by atoms with Crippen molar-refractivity contribution in [1.29, 1.82) is 0 Å². The molecule has 1 N–H and O–H groups in total. The summed E-state index contributed by atoms with van der Waals surface area (Å²) in [6.45, 7) is 7.33. The highest BCUT2D eigenvalue weighted by Crippen LogP contribution is 2.24. The number of hydrogen-bond acceptors (Lipinski definition) is 4. The lowest BCUT2D eigenvalue weighted by Gasteiger charge is -2.20. The van der Waals surface area contributed by atoms with E-state index in [2.05, 4.69) is 48.2 Å². The molecule has 100 valence electrons. The maximum atomic E-state index is 4.48. The molecule has 2 aromatic heterocycles. The minimum absolute atomic E-state index is 0.129. The van der Waals surface area contributed by atoms with Gasteiger partial charge in [0.15, 0.2) is 0 Å². The third kappa shape index (κ3) is 5.01. The summed E-state index contributed by atoms with van der Waals surface area (Å²) in [7, 11) is 0. The lowest BCUT2D eigenvalue weighted by atomic mass is 10.1. The first-order valence-corrected chi connectivity index (χ1v) is 7.12. The van der Waals surface area contributed by atoms with Gasteiger partial charge in [0.1, 0.15) is 5.03 Å². The predicted molar refractivity (Wildman–Crippen MR) is 79.2 cm³/mol. The molecule has 0 atom stereocenters. The van der Waals surface area contributed by atoms with Crippen molar-refractivity contribution in [1.82, 2.24) is 15.3 Å². The van der Waals surface area contributed by atoms with Crippen molar-refractivity contribution in [2.75, 3.05) is 0 Å². The predicted octanol–water partition coefficient (Wildman–Crippen LogP) is 3.52. The van der Waals surface area contributed by atoms with Crippen LogP contribution < -0.4 is 5.32 Å². The zero-order chi connectivity index (χ0) is 13.7. The average Bonchev–Trinajstić information content (AvgIpc) is 2.38. The van der Waals surface area contributed by atoms with Crippen molar-refractivity contribution in [3.63, 3.8) is 0 Å². The minimum atomic E-state index is 0.129. The van der Waals surface area contributed by atoms with E-state index in [1.807, 2.05) is 18.3 Å². The van der Waals surface area contributed by atoms with Crippen molar-refractivity contribution in [2.24, 2.45) is 0 Å². The molecule has 0 saturated carbocycles. The zero-order valence-electron chi connectivity index (χ0n) is 11.6. The highest BCUT2D eigenvalue weighted by Gasteiger charge is 2.08. The van der Waals surface area contributed by atoms with Gasteiger partial charge < -0.3 is 5.32 Å². The lowest BCUT2D eigenvalue weighted by molar-refractivity contribution is 0.424. The van der Waals surface area contributed by atoms with Gasteiger partial charge in [-0.3, -0.25) is 4.98 Å². The third-order valence-electron chi connectivity index (χ3n) is 2.49. The molecule has 2 heterocycles. The number of hydrogen-bond donors (Lipinski definition) is 1. The largest absolute Gasteiger partial charge is 0.308 e. The number of rotatable bonds is 4. The minimum Gasteiger partial charge on any atom is -0.308 e. The Bertz CT molecular complexity index is 503. The van der Waals surface area contributed by atoms with Gasteiger partial charge in [-0.2, -0.15) is 0 Å². The van der Waals surface area contributed by atoms with Crippen LogP contribution in [0.15, 0.2) is 52.8 Å². The highest BCUT2D eigenvalue weighted by molar-refractivity contribution is 7.99. The second kappa shape index (κ2) is 6.17. The molecule has 0 unspecified atom stereocenters. The highest BCUT2D eigenvalue weighted by atomic mass is 32.2. The van der Waals surface area contributed by atoms with Gasteiger partial charge in [-0.05, 0) is 44.5 Å². The van der Waals surface area contributed by atoms with E-state index in [1.165, 1.54) is 5.56 Å². The monoisotopic (exact) mass is 273 g/mol. The van der Waals surface area contributed by atoms with Crippen LogP contribution in [0.25, 0.3) is 0 Å². The van der Waals surface area contributed by atoms with Crippen LogP contribution in [-0.2, 0) is 6.54 Å². The van der Waals surface area contributed by atoms with Gasteiger partial charge in [0, 0.05) is 35.6 Å². The molecule has 19 heavy (non-hydrogen) atoms. The van der Waals surface area contributed by atoms with E-state index < -0.39 is 0 Å². The Morgan fingerprint density at radius 2 is 1.84 bits per heavy atom. The van der Waals surface area contributed by atoms with Crippen molar-refractivity contribution in [3.05, 3.63) is 48.4 Å². The molecule has 0 fully saturated rings. The Labute approximate surface area is 118 Å². The summed E-state index contributed by atoms with van der Waals surface area (Å²) in [4.78, 5) is 9.64. The standard InChI is InChI=1S/C15H19N3S/c1-15(2,3)18-11-12-4-5-14(17-10-12)19-13-6-8-16-9-7-13/h4-10,18H,11H2,1-3H3. The van der Waals surface area contributed by atoms with Crippen LogP contribution >= 0.6 is 11.8 Å². The zero-order valence-corrected chi connectivity index (χ0v) is 12.4. The summed E-state index contributed by atoms with van der Waals surface area (Å²) in [5.74, 6) is 0. The Hall–Kier alpha value is -1.39. The van der Waals surface area contributed by atoms with Crippen LogP contribution in [0.4, 0.5) is 0 Å². The lowest BCUT2D eigenvalue weighted by Crippen LogP contribution is -2.35. The molecule has 0 aliphatic heterocycles. The Kier molecular flexibility index (Phi) is 4.56. The van der Waals surface area contributed by atoms with Gasteiger partial charge in [0.2, 0.25) is 0 Å². The summed E-state index contributed by atoms with van der Waals surface area (Å²) in [5.41, 5.74) is 1.33. The first kappa shape index (κ1) is 14.0. The van der Waals surface area contributed by atoms with E-state index in [0.717, 1.165) is 16.5 Å². The number of nitrogens with zero attached hydrogens (tertiary/aromatic N) is 2. The number of nitrogens with one attached hydrogen (secondary N) is 1. The van der Waals surface area contributed by atoms with E-state index in [0.29, 0.717) is 0 Å². The van der Waals surface area contributed by atoms with Gasteiger partial charge in [0.05, 0.1) is 0 Å². The molecule has 0 saturated heterocycles. The van der Waals surface area contributed by atoms with Crippen LogP contribution in [-0.4, -0.2) is 15.5 Å². The van der Waals surface area contributed by atoms with Crippen LogP contribution in [0.5, 0.6) is 0 Å². The fourth-order valence-electron chi connectivity index (χ4n) is 1.47. The third-order valence-corrected chi connectivity index (χ3v) is 3.45. The Balaban J connectivity index is 1.95. The SMILES string of the molecule is CC(C)(C)NCc1ccc(Sc2ccncc2)nc1. The van der Waals surface area contributed by atoms with Crippen molar-refractivity contribution >= 4 is 11.8 Å². The Morgan fingerprint density at radius 3 is 2.42 bits per heavy atom. The maximum Gasteiger partial charge on any atom is 0.101 e. The van der Waals surface area contributed by atoms with E-state index in [9.17, 15) is 0 Å². The fourth-order valence-corrected chi connectivity index (χ4v) is 2.21. The van der Waals surface area contributed by atoms with Crippen molar-refractivity contribution in [3.8, 4) is 0 Å². The summed E-state index contributed by atoms with van der Waals surface area (Å²) < 4.78 is 0. The smallest absolute Gasteiger partial charge is 0.101 e. The number of pyridine rings is 2. The number of aromatic nitrogens is 2. The topological polar surface area (TPSA) is 37.8 Å². The van der Waals surface area contributed by atoms with Gasteiger partial charge >= 0.3 is 0 Å². The average molecular weight is 273 g/mol. The molecular weight excluding hydrogens is 254 g/mol. The fraction of sp³-hybridized carbons (Fsp3) is 0.333. The molecule has 3 nitrogen and oxygen atoms in total. The normalized spacial score (nSPS) is 11.5. The van der Waals surface area contributed by atoms with Crippen molar-refractivity contribution in [2.45, 2.75) is 42.8 Å². The molecule has 2 rings (SSSR count). The summed E-state index contributed by atoms with van der Waals surface area (Å²) in [6.07, 6.45) is 5.52. The molecule has 2 aromatic rings. The summed E-state index contributed by atoms with van der Waals surface area (Å²) in [6, 6.07) is 8.16. The van der Waals surface area contributed by atoms with Gasteiger partial charge in [-0.25, -0.2) is 4.98 Å². The van der Waals surface area contributed by atoms with Crippen molar-refractivity contribution < 1.29 is 0 Å². The molecule has 0 bridgehead atoms. The molecule has 0 spiro atoms. The molecule has 0 amide bonds. The van der Waals surface area contributed by atoms with Crippen LogP contribution in [0.2, 0.25) is 0 Å². The quantitative estimate of drug-likeness (QED) is 0.925. The van der Waals surface area contributed by atoms with Crippen LogP contribution in [0.1, 0.15) is 26.3 Å². The Morgan fingerprint density at radius 1 is 1.11 bits per heavy atom. The summed E-state index contributed by atoms with van der Waals surface area (Å²) in [5, 5.41) is 4.46. The first-order chi connectivity index (χ1) is 9.03. The molecule has 0 aliphatic rings. The molecule has 4 heteroatoms. The molecule has 0 aliphatic carbocycles. The molecule has 0 aromatic carbocycles. The van der Waals surface area contributed by atoms with Gasteiger partial charge in [-0.1, -0.05) is 17.8 Å². The van der Waals surface area contributed by atoms with Crippen LogP contribution in [0.3, 0.4) is 0 Å². The molecular formula is C15H19N3S. The van der Waals surface area contributed by atoms with Gasteiger partial charge in [0.25, 0.3) is 0 Å². The van der Waals surface area contributed by atoms with E-state index in [4.69, 9.17) is 0 Å². The summed E-state index contributed by atoms with van der Waals surface area (Å²) >= 11 is 1.65. The first-order valence-electron chi connectivity index (χ1n) is 6.31. The second-order valence-electron chi connectivity index (χ2n) is 5.39. The van der Waals surface area contributed by atoms with E-state index in [1.54, 1.807) is 24.2 Å². The maximum absolute atomic E-state index is 4.48. The van der Waals surface area contributed by atoms with Gasteiger partial charge in [-0.15, -0.1) is 0 Å². The van der Waals surface area contributed by atoms with Crippen LogP contribution in [0, 0.1) is 0 Å². The van der Waals surface area contributed by atoms with E-state index in [-0.39, 0.29) is 5.54 Å².